The molecule has 5 nitrogen and oxygen atoms in total. The van der Waals surface area contributed by atoms with Crippen LogP contribution < -0.4 is 16.4 Å². The Bertz CT molecular complexity index is 526. The number of hydrogen-bond donors (Lipinski definition) is 3. The predicted molar refractivity (Wildman–Crippen MR) is 84.9 cm³/mol. The molecule has 1 unspecified atom stereocenters. The van der Waals surface area contributed by atoms with Gasteiger partial charge in [0.2, 0.25) is 5.96 Å². The summed E-state index contributed by atoms with van der Waals surface area (Å²) in [5, 5.41) is 6.84. The van der Waals surface area contributed by atoms with E-state index in [1.165, 1.54) is 0 Å². The van der Waals surface area contributed by atoms with Crippen molar-refractivity contribution in [3.05, 3.63) is 41.6 Å². The van der Waals surface area contributed by atoms with Gasteiger partial charge >= 0.3 is 0 Å². The molecule has 2 rings (SSSR count). The Morgan fingerprint density at radius 2 is 2.15 bits per heavy atom. The molecule has 0 aromatic heterocycles. The minimum Gasteiger partial charge on any atom is -0.333 e. The molecule has 1 aliphatic heterocycles. The van der Waals surface area contributed by atoms with Gasteiger partial charge in [-0.25, -0.2) is 4.99 Å². The van der Waals surface area contributed by atoms with E-state index in [0.717, 1.165) is 18.7 Å². The maximum Gasteiger partial charge on any atom is 0.202 e. The van der Waals surface area contributed by atoms with Crippen LogP contribution in [0.2, 0.25) is 5.02 Å². The van der Waals surface area contributed by atoms with Crippen LogP contribution in [-0.2, 0) is 0 Å². The van der Waals surface area contributed by atoms with E-state index in [9.17, 15) is 0 Å². The number of nitrogens with zero attached hydrogens (tertiary/aromatic N) is 2. The number of hydrogen-bond acceptors (Lipinski definition) is 5. The third-order valence-corrected chi connectivity index (χ3v) is 3.33. The van der Waals surface area contributed by atoms with E-state index in [2.05, 4.69) is 20.5 Å². The summed E-state index contributed by atoms with van der Waals surface area (Å²) in [7, 11) is 4.03. The fourth-order valence-electron chi connectivity index (χ4n) is 1.84. The van der Waals surface area contributed by atoms with Crippen molar-refractivity contribution < 1.29 is 0 Å². The topological polar surface area (TPSA) is 65.7 Å². The Morgan fingerprint density at radius 1 is 1.40 bits per heavy atom. The Hall–Kier alpha value is -1.56. The smallest absolute Gasteiger partial charge is 0.202 e. The largest absolute Gasteiger partial charge is 0.333 e. The molecule has 1 aromatic rings. The molecule has 1 aliphatic rings. The molecule has 0 radical (unpaired) electrons. The number of para-hydroxylation sites is 1. The Balaban J connectivity index is 2.09. The quantitative estimate of drug-likeness (QED) is 0.792. The number of guanidine groups is 1. The van der Waals surface area contributed by atoms with Crippen LogP contribution in [0, 0.1) is 0 Å². The van der Waals surface area contributed by atoms with Crippen molar-refractivity contribution in [1.29, 1.82) is 0 Å². The summed E-state index contributed by atoms with van der Waals surface area (Å²) >= 11 is 6.12. The van der Waals surface area contributed by atoms with Crippen LogP contribution in [0.4, 0.5) is 5.69 Å². The molecule has 0 fully saturated rings. The first-order valence-corrected chi connectivity index (χ1v) is 6.86. The molecule has 0 amide bonds. The zero-order valence-corrected chi connectivity index (χ0v) is 12.5. The van der Waals surface area contributed by atoms with Crippen molar-refractivity contribution in [2.45, 2.75) is 12.1 Å². The highest BCUT2D eigenvalue weighted by atomic mass is 35.5. The molecule has 0 spiro atoms. The first-order valence-electron chi connectivity index (χ1n) is 6.48. The number of aliphatic imine (C=N–C) groups is 1. The Morgan fingerprint density at radius 3 is 2.85 bits per heavy atom. The van der Waals surface area contributed by atoms with Crippen molar-refractivity contribution in [1.82, 2.24) is 10.2 Å². The van der Waals surface area contributed by atoms with Gasteiger partial charge in [0.05, 0.1) is 10.7 Å². The summed E-state index contributed by atoms with van der Waals surface area (Å²) in [4.78, 5) is 6.61. The highest BCUT2D eigenvalue weighted by molar-refractivity contribution is 6.33. The second-order valence-corrected chi connectivity index (χ2v) is 5.49. The van der Waals surface area contributed by atoms with Crippen LogP contribution in [0.3, 0.4) is 0 Å². The number of rotatable bonds is 4. The van der Waals surface area contributed by atoms with Gasteiger partial charge in [0.25, 0.3) is 0 Å². The molecular weight excluding hydrogens is 274 g/mol. The zero-order valence-electron chi connectivity index (χ0n) is 11.7. The number of nitrogens with two attached hydrogens (primary N) is 1. The maximum atomic E-state index is 6.28. The van der Waals surface area contributed by atoms with Gasteiger partial charge in [0.15, 0.2) is 0 Å². The van der Waals surface area contributed by atoms with Gasteiger partial charge in [-0.05, 0) is 32.3 Å². The van der Waals surface area contributed by atoms with Crippen molar-refractivity contribution in [2.24, 2.45) is 10.7 Å². The van der Waals surface area contributed by atoms with E-state index in [-0.39, 0.29) is 0 Å². The van der Waals surface area contributed by atoms with Gasteiger partial charge in [-0.15, -0.1) is 0 Å². The lowest BCUT2D eigenvalue weighted by molar-refractivity contribution is 0.352. The van der Waals surface area contributed by atoms with Gasteiger partial charge < -0.3 is 21.3 Å². The van der Waals surface area contributed by atoms with Crippen LogP contribution in [-0.4, -0.2) is 37.2 Å². The van der Waals surface area contributed by atoms with E-state index in [1.54, 1.807) is 0 Å². The molecule has 20 heavy (non-hydrogen) atoms. The lowest BCUT2D eigenvalue weighted by Crippen LogP contribution is -2.45. The molecule has 0 saturated heterocycles. The average Bonchev–Trinajstić information content (AvgIpc) is 2.40. The average molecular weight is 294 g/mol. The summed E-state index contributed by atoms with van der Waals surface area (Å²) in [6.45, 7) is 0.865. The van der Waals surface area contributed by atoms with Crippen LogP contribution in [0.5, 0.6) is 0 Å². The fraction of sp³-hybridized carbons (Fsp3) is 0.357. The van der Waals surface area contributed by atoms with E-state index >= 15 is 0 Å². The highest BCUT2D eigenvalue weighted by Crippen LogP contribution is 2.21. The molecule has 0 aliphatic carbocycles. The van der Waals surface area contributed by atoms with E-state index < -0.39 is 5.66 Å². The van der Waals surface area contributed by atoms with Gasteiger partial charge in [0, 0.05) is 19.2 Å². The molecule has 1 aromatic carbocycles. The SMILES string of the molecule is CN(C)CCC1(N)C=CNC(Nc2ccccc2Cl)=N1. The molecule has 0 bridgehead atoms. The van der Waals surface area contributed by atoms with E-state index in [1.807, 2.05) is 50.6 Å². The highest BCUT2D eigenvalue weighted by Gasteiger charge is 2.24. The first-order chi connectivity index (χ1) is 9.48. The minimum atomic E-state index is -0.695. The molecule has 6 heteroatoms. The lowest BCUT2D eigenvalue weighted by atomic mass is 10.1. The van der Waals surface area contributed by atoms with E-state index in [4.69, 9.17) is 17.3 Å². The third kappa shape index (κ3) is 3.96. The fourth-order valence-corrected chi connectivity index (χ4v) is 2.02. The van der Waals surface area contributed by atoms with Crippen molar-refractivity contribution >= 4 is 23.2 Å². The normalized spacial score (nSPS) is 21.6. The first kappa shape index (κ1) is 14.8. The van der Waals surface area contributed by atoms with Crippen LogP contribution >= 0.6 is 11.6 Å². The van der Waals surface area contributed by atoms with Gasteiger partial charge in [-0.1, -0.05) is 23.7 Å². The Labute approximate surface area is 124 Å². The van der Waals surface area contributed by atoms with E-state index in [0.29, 0.717) is 11.0 Å². The van der Waals surface area contributed by atoms with Crippen molar-refractivity contribution in [2.75, 3.05) is 26.0 Å². The maximum absolute atomic E-state index is 6.28. The number of nitrogens with one attached hydrogen (secondary N) is 2. The van der Waals surface area contributed by atoms with Gasteiger partial charge in [-0.3, -0.25) is 0 Å². The number of halogens is 1. The molecule has 108 valence electrons. The van der Waals surface area contributed by atoms with Crippen molar-refractivity contribution in [3.63, 3.8) is 0 Å². The van der Waals surface area contributed by atoms with Crippen LogP contribution in [0.1, 0.15) is 6.42 Å². The predicted octanol–water partition coefficient (Wildman–Crippen LogP) is 1.83. The minimum absolute atomic E-state index is 0.599. The molecular formula is C14H20ClN5. The molecule has 1 heterocycles. The number of anilines is 1. The molecule has 0 saturated carbocycles. The summed E-state index contributed by atoms with van der Waals surface area (Å²) in [5.41, 5.74) is 6.38. The van der Waals surface area contributed by atoms with Gasteiger partial charge in [-0.2, -0.15) is 0 Å². The summed E-state index contributed by atoms with van der Waals surface area (Å²) in [5.74, 6) is 0.599. The van der Waals surface area contributed by atoms with Gasteiger partial charge in [0.1, 0.15) is 5.66 Å². The lowest BCUT2D eigenvalue weighted by Gasteiger charge is -2.28. The summed E-state index contributed by atoms with van der Waals surface area (Å²) in [6.07, 6.45) is 4.42. The molecule has 1 atom stereocenters. The third-order valence-electron chi connectivity index (χ3n) is 3.00. The standard InChI is InChI=1S/C14H20ClN5/c1-20(2)10-8-14(16)7-9-17-13(19-14)18-12-6-4-3-5-11(12)15/h3-7,9H,8,10,16H2,1-2H3,(H2,17,18,19). The van der Waals surface area contributed by atoms with Crippen LogP contribution in [0.15, 0.2) is 41.5 Å². The zero-order chi connectivity index (χ0) is 14.6. The molecule has 4 N–H and O–H groups in total. The number of benzene rings is 1. The monoisotopic (exact) mass is 293 g/mol. The van der Waals surface area contributed by atoms with Crippen LogP contribution in [0.25, 0.3) is 0 Å². The summed E-state index contributed by atoms with van der Waals surface area (Å²) in [6, 6.07) is 7.51. The van der Waals surface area contributed by atoms with Crippen molar-refractivity contribution in [3.8, 4) is 0 Å². The second kappa shape index (κ2) is 6.26. The second-order valence-electron chi connectivity index (χ2n) is 5.09. The Kier molecular flexibility index (Phi) is 4.65. The summed E-state index contributed by atoms with van der Waals surface area (Å²) < 4.78 is 0.